The van der Waals surface area contributed by atoms with E-state index in [2.05, 4.69) is 65.1 Å². The van der Waals surface area contributed by atoms with Crippen LogP contribution in [-0.2, 0) is 15.6 Å². The summed E-state index contributed by atoms with van der Waals surface area (Å²) in [6.07, 6.45) is 5.69. The number of hydrogen-bond donors (Lipinski definition) is 1. The third-order valence-corrected chi connectivity index (χ3v) is 5.29. The van der Waals surface area contributed by atoms with Crippen molar-refractivity contribution in [3.8, 4) is 5.75 Å². The molecule has 0 unspecified atom stereocenters. The van der Waals surface area contributed by atoms with Gasteiger partial charge < -0.3 is 10.1 Å². The van der Waals surface area contributed by atoms with Crippen LogP contribution in [0, 0.1) is 0 Å². The molecule has 0 heterocycles. The molecule has 1 aromatic rings. The molecule has 0 atom stereocenters. The van der Waals surface area contributed by atoms with Gasteiger partial charge >= 0.3 is 6.41 Å². The Labute approximate surface area is 148 Å². The molecule has 3 nitrogen and oxygen atoms in total. The maximum absolute atomic E-state index is 10.1. The van der Waals surface area contributed by atoms with Gasteiger partial charge in [-0.15, -0.1) is 0 Å². The summed E-state index contributed by atoms with van der Waals surface area (Å²) >= 11 is 0. The fraction of sp³-hybridized carbons (Fsp3) is 0.667. The van der Waals surface area contributed by atoms with Crippen LogP contribution < -0.4 is 10.1 Å². The van der Waals surface area contributed by atoms with Gasteiger partial charge in [-0.2, -0.15) is 0 Å². The van der Waals surface area contributed by atoms with Crippen molar-refractivity contribution in [2.45, 2.75) is 78.1 Å². The summed E-state index contributed by atoms with van der Waals surface area (Å²) < 4.78 is 6.16. The van der Waals surface area contributed by atoms with Crippen LogP contribution in [0.15, 0.2) is 18.2 Å². The van der Waals surface area contributed by atoms with Gasteiger partial charge in [0.15, 0.2) is 0 Å². The van der Waals surface area contributed by atoms with E-state index in [9.17, 15) is 4.79 Å². The van der Waals surface area contributed by atoms with E-state index in [1.165, 1.54) is 11.1 Å². The van der Waals surface area contributed by atoms with E-state index in [0.717, 1.165) is 31.4 Å². The van der Waals surface area contributed by atoms with Crippen molar-refractivity contribution in [1.29, 1.82) is 0 Å². The Kier molecular flexibility index (Phi) is 7.78. The predicted molar refractivity (Wildman–Crippen MR) is 102 cm³/mol. The highest BCUT2D eigenvalue weighted by molar-refractivity contribution is 5.46. The summed E-state index contributed by atoms with van der Waals surface area (Å²) in [5, 5.41) is 2.57. The molecule has 0 spiro atoms. The lowest BCUT2D eigenvalue weighted by Crippen LogP contribution is -2.20. The van der Waals surface area contributed by atoms with Gasteiger partial charge in [0.25, 0.3) is 0 Å². The van der Waals surface area contributed by atoms with Crippen molar-refractivity contribution in [2.75, 3.05) is 13.2 Å². The average Bonchev–Trinajstić information content (AvgIpc) is 2.57. The van der Waals surface area contributed by atoms with E-state index in [4.69, 9.17) is 4.74 Å². The molecule has 0 aromatic heterocycles. The lowest BCUT2D eigenvalue weighted by Gasteiger charge is -2.29. The van der Waals surface area contributed by atoms with Crippen LogP contribution in [0.5, 0.6) is 5.75 Å². The third kappa shape index (κ3) is 5.54. The molecule has 24 heavy (non-hydrogen) atoms. The van der Waals surface area contributed by atoms with Gasteiger partial charge in [-0.3, -0.25) is 4.79 Å². The third-order valence-electron chi connectivity index (χ3n) is 5.29. The standard InChI is InChI=1S/C21H34NO2/c1-7-20(3,4)17-11-12-18(21(5,6)8-2)19(15-17)24-14-10-9-13-22-16-23/h11-12,15H,7-10,13-14H2,1-6H3,(H,22,23). The normalized spacial score (nSPS) is 12.1. The van der Waals surface area contributed by atoms with E-state index in [1.54, 1.807) is 6.41 Å². The summed E-state index contributed by atoms with van der Waals surface area (Å²) in [6, 6.07) is 6.73. The highest BCUT2D eigenvalue weighted by Gasteiger charge is 2.25. The average molecular weight is 333 g/mol. The second kappa shape index (κ2) is 9.10. The Bertz CT molecular complexity index is 521. The molecule has 1 N–H and O–H groups in total. The van der Waals surface area contributed by atoms with Crippen molar-refractivity contribution in [3.05, 3.63) is 29.3 Å². The number of unbranched alkanes of at least 4 members (excludes halogenated alkanes) is 1. The fourth-order valence-corrected chi connectivity index (χ4v) is 2.57. The first-order chi connectivity index (χ1) is 11.3. The Hall–Kier alpha value is -1.51. The minimum Gasteiger partial charge on any atom is -0.493 e. The molecule has 135 valence electrons. The Morgan fingerprint density at radius 1 is 1.04 bits per heavy atom. The smallest absolute Gasteiger partial charge is 0.309 e. The van der Waals surface area contributed by atoms with Gasteiger partial charge in [0.1, 0.15) is 5.75 Å². The number of benzene rings is 1. The van der Waals surface area contributed by atoms with Crippen LogP contribution >= 0.6 is 0 Å². The first kappa shape index (κ1) is 20.5. The number of nitrogens with one attached hydrogen (secondary N) is 1. The zero-order chi connectivity index (χ0) is 18.2. The van der Waals surface area contributed by atoms with Gasteiger partial charge in [-0.05, 0) is 53.7 Å². The molecule has 1 amide bonds. The van der Waals surface area contributed by atoms with Crippen LogP contribution in [0.4, 0.5) is 0 Å². The van der Waals surface area contributed by atoms with Gasteiger partial charge in [0.05, 0.1) is 6.61 Å². The SMILES string of the molecule is CCC(C)(C)c1ccc(C(C)(C)CC)c(OCCCCN[C]=O)c1. The monoisotopic (exact) mass is 332 g/mol. The van der Waals surface area contributed by atoms with Crippen molar-refractivity contribution in [1.82, 2.24) is 5.32 Å². The van der Waals surface area contributed by atoms with E-state index in [1.807, 2.05) is 0 Å². The molecule has 0 aliphatic carbocycles. The second-order valence-electron chi connectivity index (χ2n) is 7.77. The van der Waals surface area contributed by atoms with Crippen LogP contribution in [0.25, 0.3) is 0 Å². The van der Waals surface area contributed by atoms with Crippen LogP contribution in [0.2, 0.25) is 0 Å². The summed E-state index contributed by atoms with van der Waals surface area (Å²) in [7, 11) is 0. The Morgan fingerprint density at radius 2 is 1.71 bits per heavy atom. The molecule has 3 heteroatoms. The number of rotatable bonds is 11. The van der Waals surface area contributed by atoms with E-state index in [-0.39, 0.29) is 10.8 Å². The van der Waals surface area contributed by atoms with Gasteiger partial charge in [0.2, 0.25) is 0 Å². The van der Waals surface area contributed by atoms with Crippen LogP contribution in [0.1, 0.15) is 78.4 Å². The summed E-state index contributed by atoms with van der Waals surface area (Å²) in [6.45, 7) is 14.9. The van der Waals surface area contributed by atoms with Gasteiger partial charge in [0, 0.05) is 6.54 Å². The van der Waals surface area contributed by atoms with E-state index >= 15 is 0 Å². The van der Waals surface area contributed by atoms with Gasteiger partial charge in [-0.1, -0.05) is 53.7 Å². The molecule has 0 fully saturated rings. The number of hydrogen-bond acceptors (Lipinski definition) is 2. The van der Waals surface area contributed by atoms with Crippen molar-refractivity contribution < 1.29 is 9.53 Å². The number of amides is 1. The number of carbonyl (C=O) groups excluding carboxylic acids is 1. The quantitative estimate of drug-likeness (QED) is 0.463. The lowest BCUT2D eigenvalue weighted by molar-refractivity contribution is 0.295. The molecule has 1 rings (SSSR count). The summed E-state index contributed by atoms with van der Waals surface area (Å²) in [5.41, 5.74) is 2.85. The molecule has 0 aliphatic rings. The minimum absolute atomic E-state index is 0.0955. The fourth-order valence-electron chi connectivity index (χ4n) is 2.57. The Morgan fingerprint density at radius 3 is 2.29 bits per heavy atom. The maximum Gasteiger partial charge on any atom is 0.309 e. The zero-order valence-corrected chi connectivity index (χ0v) is 16.3. The van der Waals surface area contributed by atoms with Gasteiger partial charge in [-0.25, -0.2) is 0 Å². The topological polar surface area (TPSA) is 38.3 Å². The molecule has 1 radical (unpaired) electrons. The first-order valence-electron chi connectivity index (χ1n) is 9.16. The molecular formula is C21H34NO2. The van der Waals surface area contributed by atoms with E-state index < -0.39 is 0 Å². The van der Waals surface area contributed by atoms with Crippen molar-refractivity contribution >= 4 is 6.41 Å². The molecule has 1 aromatic carbocycles. The maximum atomic E-state index is 10.1. The predicted octanol–water partition coefficient (Wildman–Crippen LogP) is 4.88. The lowest BCUT2D eigenvalue weighted by atomic mass is 9.77. The van der Waals surface area contributed by atoms with Crippen LogP contribution in [-0.4, -0.2) is 19.6 Å². The largest absolute Gasteiger partial charge is 0.493 e. The summed E-state index contributed by atoms with van der Waals surface area (Å²) in [4.78, 5) is 10.1. The molecule has 0 aliphatic heterocycles. The van der Waals surface area contributed by atoms with Crippen LogP contribution in [0.3, 0.4) is 0 Å². The van der Waals surface area contributed by atoms with Crippen molar-refractivity contribution in [3.63, 3.8) is 0 Å². The molecule has 0 saturated heterocycles. The molecular weight excluding hydrogens is 298 g/mol. The highest BCUT2D eigenvalue weighted by atomic mass is 16.5. The summed E-state index contributed by atoms with van der Waals surface area (Å²) in [5.74, 6) is 1.01. The number of ether oxygens (including phenoxy) is 1. The zero-order valence-electron chi connectivity index (χ0n) is 16.3. The Balaban J connectivity index is 2.94. The molecule has 0 saturated carbocycles. The van der Waals surface area contributed by atoms with Crippen molar-refractivity contribution in [2.24, 2.45) is 0 Å². The minimum atomic E-state index is 0.0955. The highest BCUT2D eigenvalue weighted by Crippen LogP contribution is 2.38. The van der Waals surface area contributed by atoms with E-state index in [0.29, 0.717) is 13.2 Å². The first-order valence-corrected chi connectivity index (χ1v) is 9.16. The second-order valence-corrected chi connectivity index (χ2v) is 7.77. The molecule has 0 bridgehead atoms.